The van der Waals surface area contributed by atoms with Crippen LogP contribution in [0, 0.1) is 0 Å². The molecule has 0 bridgehead atoms. The highest BCUT2D eigenvalue weighted by molar-refractivity contribution is 5.32. The molecule has 0 aromatic carbocycles. The summed E-state index contributed by atoms with van der Waals surface area (Å²) in [6.45, 7) is 2.29. The summed E-state index contributed by atoms with van der Waals surface area (Å²) in [4.78, 5) is 0. The topological polar surface area (TPSA) is 29.9 Å². The van der Waals surface area contributed by atoms with E-state index in [1.54, 1.807) is 5.56 Å². The fraction of sp³-hybridized carbons (Fsp3) is 0.750. The second kappa shape index (κ2) is 3.63. The smallest absolute Gasteiger partial charge is 0.0703 e. The van der Waals surface area contributed by atoms with E-state index in [4.69, 9.17) is 5.10 Å². The van der Waals surface area contributed by atoms with Gasteiger partial charge in [0.25, 0.3) is 0 Å². The molecular weight excluding hydrogens is 186 g/mol. The van der Waals surface area contributed by atoms with Crippen LogP contribution in [0.4, 0.5) is 0 Å². The van der Waals surface area contributed by atoms with Gasteiger partial charge in [0.05, 0.1) is 5.69 Å². The summed E-state index contributed by atoms with van der Waals surface area (Å²) in [6.07, 6.45) is 6.46. The number of hydrogen-bond acceptors (Lipinski definition) is 2. The predicted octanol–water partition coefficient (Wildman–Crippen LogP) is 1.38. The zero-order chi connectivity index (χ0) is 10.3. The van der Waals surface area contributed by atoms with Crippen LogP contribution in [0.15, 0.2) is 0 Å². The van der Waals surface area contributed by atoms with Crippen molar-refractivity contribution in [3.8, 4) is 0 Å². The number of aryl methyl sites for hydroxylation is 1. The molecule has 1 aromatic rings. The fourth-order valence-electron chi connectivity index (χ4n) is 3.02. The van der Waals surface area contributed by atoms with Gasteiger partial charge >= 0.3 is 0 Å². The van der Waals surface area contributed by atoms with Crippen LogP contribution in [0.2, 0.25) is 0 Å². The molecule has 0 radical (unpaired) electrons. The Balaban J connectivity index is 1.99. The van der Waals surface area contributed by atoms with Crippen molar-refractivity contribution < 1.29 is 0 Å². The van der Waals surface area contributed by atoms with E-state index in [0.717, 1.165) is 13.1 Å². The van der Waals surface area contributed by atoms with Crippen molar-refractivity contribution in [1.29, 1.82) is 0 Å². The lowest BCUT2D eigenvalue weighted by molar-refractivity contribution is 0.625. The van der Waals surface area contributed by atoms with Crippen LogP contribution in [-0.4, -0.2) is 22.9 Å². The van der Waals surface area contributed by atoms with E-state index in [0.29, 0.717) is 5.92 Å². The SMILES string of the molecule is Cn1nc(C2CCNC2)c2c1CCCC2. The Morgan fingerprint density at radius 1 is 1.33 bits per heavy atom. The van der Waals surface area contributed by atoms with Crippen molar-refractivity contribution in [2.45, 2.75) is 38.0 Å². The number of fused-ring (bicyclic) bond motifs is 1. The largest absolute Gasteiger partial charge is 0.316 e. The molecule has 0 saturated carbocycles. The van der Waals surface area contributed by atoms with E-state index in [2.05, 4.69) is 17.0 Å². The van der Waals surface area contributed by atoms with E-state index in [1.165, 1.54) is 43.5 Å². The summed E-state index contributed by atoms with van der Waals surface area (Å²) in [5, 5.41) is 8.19. The van der Waals surface area contributed by atoms with Crippen LogP contribution in [0.5, 0.6) is 0 Å². The molecule has 1 atom stereocenters. The molecule has 1 aromatic heterocycles. The second-order valence-corrected chi connectivity index (χ2v) is 4.83. The number of rotatable bonds is 1. The Morgan fingerprint density at radius 3 is 3.00 bits per heavy atom. The van der Waals surface area contributed by atoms with Gasteiger partial charge in [0.15, 0.2) is 0 Å². The summed E-state index contributed by atoms with van der Waals surface area (Å²) < 4.78 is 2.13. The van der Waals surface area contributed by atoms with Crippen molar-refractivity contribution in [2.75, 3.05) is 13.1 Å². The van der Waals surface area contributed by atoms with Crippen LogP contribution in [0.25, 0.3) is 0 Å². The van der Waals surface area contributed by atoms with Crippen LogP contribution >= 0.6 is 0 Å². The van der Waals surface area contributed by atoms with Crippen molar-refractivity contribution in [3.63, 3.8) is 0 Å². The van der Waals surface area contributed by atoms with Gasteiger partial charge in [-0.15, -0.1) is 0 Å². The molecule has 1 aliphatic carbocycles. The molecule has 3 rings (SSSR count). The summed E-state index contributed by atoms with van der Waals surface area (Å²) >= 11 is 0. The van der Waals surface area contributed by atoms with Crippen molar-refractivity contribution in [1.82, 2.24) is 15.1 Å². The Kier molecular flexibility index (Phi) is 2.28. The molecule has 3 nitrogen and oxygen atoms in total. The number of nitrogens with zero attached hydrogens (tertiary/aromatic N) is 2. The summed E-state index contributed by atoms with van der Waals surface area (Å²) in [7, 11) is 2.11. The molecule has 15 heavy (non-hydrogen) atoms. The molecule has 1 N–H and O–H groups in total. The van der Waals surface area contributed by atoms with Gasteiger partial charge in [0, 0.05) is 25.2 Å². The van der Waals surface area contributed by atoms with Gasteiger partial charge in [-0.2, -0.15) is 5.10 Å². The summed E-state index contributed by atoms with van der Waals surface area (Å²) in [5.41, 5.74) is 4.48. The van der Waals surface area contributed by atoms with Gasteiger partial charge in [-0.25, -0.2) is 0 Å². The molecule has 1 saturated heterocycles. The van der Waals surface area contributed by atoms with E-state index in [9.17, 15) is 0 Å². The highest BCUT2D eigenvalue weighted by atomic mass is 15.3. The highest BCUT2D eigenvalue weighted by Crippen LogP contribution is 2.31. The molecule has 82 valence electrons. The van der Waals surface area contributed by atoms with Gasteiger partial charge in [0.2, 0.25) is 0 Å². The van der Waals surface area contributed by atoms with E-state index >= 15 is 0 Å². The lowest BCUT2D eigenvalue weighted by Crippen LogP contribution is -2.10. The van der Waals surface area contributed by atoms with E-state index in [-0.39, 0.29) is 0 Å². The maximum Gasteiger partial charge on any atom is 0.0703 e. The third-order valence-electron chi connectivity index (χ3n) is 3.84. The molecule has 3 heteroatoms. The minimum Gasteiger partial charge on any atom is -0.316 e. The molecule has 0 amide bonds. The molecule has 1 aliphatic heterocycles. The fourth-order valence-corrected chi connectivity index (χ4v) is 3.02. The lowest BCUT2D eigenvalue weighted by Gasteiger charge is -2.14. The van der Waals surface area contributed by atoms with Gasteiger partial charge in [-0.05, 0) is 44.2 Å². The average Bonchev–Trinajstić information content (AvgIpc) is 2.87. The van der Waals surface area contributed by atoms with E-state index in [1.807, 2.05) is 0 Å². The normalized spacial score (nSPS) is 25.5. The molecule has 2 heterocycles. The van der Waals surface area contributed by atoms with Crippen LogP contribution in [0.3, 0.4) is 0 Å². The Bertz CT molecular complexity index is 361. The van der Waals surface area contributed by atoms with Crippen molar-refractivity contribution in [3.05, 3.63) is 17.0 Å². The first-order chi connectivity index (χ1) is 7.36. The highest BCUT2D eigenvalue weighted by Gasteiger charge is 2.26. The molecular formula is C12H19N3. The zero-order valence-electron chi connectivity index (χ0n) is 9.42. The maximum atomic E-state index is 4.75. The molecule has 1 fully saturated rings. The van der Waals surface area contributed by atoms with Gasteiger partial charge in [0.1, 0.15) is 0 Å². The number of nitrogens with one attached hydrogen (secondary N) is 1. The van der Waals surface area contributed by atoms with Gasteiger partial charge in [-0.3, -0.25) is 4.68 Å². The molecule has 1 unspecified atom stereocenters. The Morgan fingerprint density at radius 2 is 2.20 bits per heavy atom. The second-order valence-electron chi connectivity index (χ2n) is 4.83. The minimum absolute atomic E-state index is 0.679. The van der Waals surface area contributed by atoms with Crippen molar-refractivity contribution >= 4 is 0 Å². The number of hydrogen-bond donors (Lipinski definition) is 1. The van der Waals surface area contributed by atoms with Gasteiger partial charge in [-0.1, -0.05) is 0 Å². The summed E-state index contributed by atoms with van der Waals surface area (Å²) in [5.74, 6) is 0.679. The molecule has 2 aliphatic rings. The third-order valence-corrected chi connectivity index (χ3v) is 3.84. The Labute approximate surface area is 90.9 Å². The first kappa shape index (κ1) is 9.40. The monoisotopic (exact) mass is 205 g/mol. The zero-order valence-corrected chi connectivity index (χ0v) is 9.42. The molecule has 0 spiro atoms. The maximum absolute atomic E-state index is 4.75. The number of aromatic nitrogens is 2. The van der Waals surface area contributed by atoms with Crippen LogP contribution in [-0.2, 0) is 19.9 Å². The summed E-state index contributed by atoms with van der Waals surface area (Å²) in [6, 6.07) is 0. The van der Waals surface area contributed by atoms with Crippen molar-refractivity contribution in [2.24, 2.45) is 7.05 Å². The quantitative estimate of drug-likeness (QED) is 0.750. The first-order valence-electron chi connectivity index (χ1n) is 6.11. The lowest BCUT2D eigenvalue weighted by atomic mass is 9.91. The minimum atomic E-state index is 0.679. The van der Waals surface area contributed by atoms with E-state index < -0.39 is 0 Å². The van der Waals surface area contributed by atoms with Crippen LogP contribution in [0.1, 0.15) is 42.1 Å². The third kappa shape index (κ3) is 1.49. The first-order valence-corrected chi connectivity index (χ1v) is 6.11. The Hall–Kier alpha value is -0.830. The standard InChI is InChI=1S/C12H19N3/c1-15-11-5-3-2-4-10(11)12(14-15)9-6-7-13-8-9/h9,13H,2-8H2,1H3. The van der Waals surface area contributed by atoms with Crippen LogP contribution < -0.4 is 5.32 Å². The average molecular weight is 205 g/mol. The predicted molar refractivity (Wildman–Crippen MR) is 60.1 cm³/mol. The van der Waals surface area contributed by atoms with Gasteiger partial charge < -0.3 is 5.32 Å².